The molecule has 0 aliphatic carbocycles. The molecule has 0 atom stereocenters. The maximum atomic E-state index is 13.7. The molecule has 1 aromatic carbocycles. The normalized spacial score (nSPS) is 10.2. The van der Waals surface area contributed by atoms with Crippen molar-refractivity contribution in [2.45, 2.75) is 0 Å². The number of carbonyl (C=O) groups is 1. The third kappa shape index (κ3) is 2.17. The Labute approximate surface area is 102 Å². The molecule has 18 heavy (non-hydrogen) atoms. The number of hydrogen-bond acceptors (Lipinski definition) is 5. The van der Waals surface area contributed by atoms with Crippen LogP contribution in [0.15, 0.2) is 28.8 Å². The summed E-state index contributed by atoms with van der Waals surface area (Å²) in [5, 5.41) is 3.50. The molecule has 1 aromatic heterocycles. The summed E-state index contributed by atoms with van der Waals surface area (Å²) in [6.07, 6.45) is 0. The van der Waals surface area contributed by atoms with Crippen molar-refractivity contribution in [2.24, 2.45) is 0 Å². The second-order valence-electron chi connectivity index (χ2n) is 3.41. The van der Waals surface area contributed by atoms with Crippen LogP contribution in [0.2, 0.25) is 0 Å². The molecule has 6 heteroatoms. The van der Waals surface area contributed by atoms with Crippen LogP contribution in [0.4, 0.5) is 4.39 Å². The number of esters is 1. The van der Waals surface area contributed by atoms with E-state index >= 15 is 0 Å². The second-order valence-corrected chi connectivity index (χ2v) is 3.41. The molecule has 0 N–H and O–H groups in total. The summed E-state index contributed by atoms with van der Waals surface area (Å²) in [5.41, 5.74) is 0.182. The molecule has 0 saturated heterocycles. The molecule has 0 saturated carbocycles. The first-order valence-corrected chi connectivity index (χ1v) is 5.04. The number of benzene rings is 1. The van der Waals surface area contributed by atoms with Gasteiger partial charge in [-0.2, -0.15) is 0 Å². The van der Waals surface area contributed by atoms with Crippen molar-refractivity contribution < 1.29 is 23.2 Å². The van der Waals surface area contributed by atoms with Gasteiger partial charge in [0.25, 0.3) is 0 Å². The highest BCUT2D eigenvalue weighted by Gasteiger charge is 2.16. The van der Waals surface area contributed by atoms with Crippen molar-refractivity contribution in [3.63, 3.8) is 0 Å². The average molecular weight is 251 g/mol. The first-order chi connectivity index (χ1) is 8.65. The van der Waals surface area contributed by atoms with Gasteiger partial charge in [0.2, 0.25) is 0 Å². The molecule has 0 amide bonds. The number of aromatic nitrogens is 1. The maximum Gasteiger partial charge on any atom is 0.360 e. The molecular formula is C12H10FNO4. The van der Waals surface area contributed by atoms with Crippen molar-refractivity contribution in [2.75, 3.05) is 14.2 Å². The summed E-state index contributed by atoms with van der Waals surface area (Å²) in [5.74, 6) is -0.625. The molecule has 0 bridgehead atoms. The summed E-state index contributed by atoms with van der Waals surface area (Å²) in [7, 11) is 2.67. The van der Waals surface area contributed by atoms with Gasteiger partial charge in [-0.15, -0.1) is 0 Å². The van der Waals surface area contributed by atoms with Gasteiger partial charge in [0.05, 0.1) is 19.8 Å². The largest absolute Gasteiger partial charge is 0.497 e. The third-order valence-corrected chi connectivity index (χ3v) is 2.35. The highest BCUT2D eigenvalue weighted by Crippen LogP contribution is 2.26. The lowest BCUT2D eigenvalue weighted by Crippen LogP contribution is -2.00. The highest BCUT2D eigenvalue weighted by molar-refractivity contribution is 5.88. The molecule has 0 aliphatic rings. The Morgan fingerprint density at radius 2 is 2.11 bits per heavy atom. The van der Waals surface area contributed by atoms with Crippen LogP contribution in [0.25, 0.3) is 11.3 Å². The number of carbonyl (C=O) groups excluding carboxylic acids is 1. The van der Waals surface area contributed by atoms with E-state index in [0.29, 0.717) is 5.75 Å². The number of ether oxygens (including phenoxy) is 2. The first-order valence-electron chi connectivity index (χ1n) is 5.04. The average Bonchev–Trinajstić information content (AvgIpc) is 2.87. The van der Waals surface area contributed by atoms with E-state index in [0.717, 1.165) is 0 Å². The molecule has 2 aromatic rings. The second kappa shape index (κ2) is 4.87. The van der Waals surface area contributed by atoms with Crippen LogP contribution in [0.3, 0.4) is 0 Å². The summed E-state index contributed by atoms with van der Waals surface area (Å²) < 4.78 is 28.0. The quantitative estimate of drug-likeness (QED) is 0.783. The Morgan fingerprint density at radius 1 is 1.33 bits per heavy atom. The molecule has 0 spiro atoms. The number of halogens is 1. The van der Waals surface area contributed by atoms with Crippen molar-refractivity contribution in [3.8, 4) is 17.1 Å². The van der Waals surface area contributed by atoms with E-state index in [-0.39, 0.29) is 17.0 Å². The maximum absolute atomic E-state index is 13.7. The van der Waals surface area contributed by atoms with Gasteiger partial charge in [-0.3, -0.25) is 0 Å². The predicted molar refractivity (Wildman–Crippen MR) is 59.8 cm³/mol. The minimum atomic E-state index is -0.640. The van der Waals surface area contributed by atoms with E-state index in [1.165, 1.54) is 32.4 Å². The number of rotatable bonds is 3. The minimum Gasteiger partial charge on any atom is -0.497 e. The Morgan fingerprint density at radius 3 is 2.72 bits per heavy atom. The summed E-state index contributed by atoms with van der Waals surface area (Å²) in [6, 6.07) is 5.60. The Bertz CT molecular complexity index is 579. The van der Waals surface area contributed by atoms with E-state index in [2.05, 4.69) is 9.89 Å². The fraction of sp³-hybridized carbons (Fsp3) is 0.167. The molecule has 94 valence electrons. The van der Waals surface area contributed by atoms with Crippen LogP contribution in [-0.2, 0) is 4.74 Å². The topological polar surface area (TPSA) is 61.6 Å². The van der Waals surface area contributed by atoms with Crippen molar-refractivity contribution in [1.82, 2.24) is 5.16 Å². The summed E-state index contributed by atoms with van der Waals surface area (Å²) in [6.45, 7) is 0. The van der Waals surface area contributed by atoms with Gasteiger partial charge < -0.3 is 14.0 Å². The monoisotopic (exact) mass is 251 g/mol. The summed E-state index contributed by atoms with van der Waals surface area (Å²) in [4.78, 5) is 11.2. The van der Waals surface area contributed by atoms with Crippen molar-refractivity contribution in [1.29, 1.82) is 0 Å². The first kappa shape index (κ1) is 12.1. The van der Waals surface area contributed by atoms with E-state index in [9.17, 15) is 9.18 Å². The number of methoxy groups -OCH3 is 2. The Hall–Kier alpha value is -2.37. The van der Waals surface area contributed by atoms with Crippen LogP contribution in [0.5, 0.6) is 5.75 Å². The van der Waals surface area contributed by atoms with E-state index in [1.54, 1.807) is 6.07 Å². The van der Waals surface area contributed by atoms with Gasteiger partial charge in [-0.1, -0.05) is 5.16 Å². The van der Waals surface area contributed by atoms with Crippen molar-refractivity contribution >= 4 is 5.97 Å². The molecule has 5 nitrogen and oxygen atoms in total. The standard InChI is InChI=1S/C12H10FNO4/c1-16-7-3-4-8(9(13)5-7)11-6-10(14-18-11)12(15)17-2/h3-6H,1-2H3. The van der Waals surface area contributed by atoms with Gasteiger partial charge in [-0.25, -0.2) is 9.18 Å². The molecule has 1 heterocycles. The van der Waals surface area contributed by atoms with E-state index in [1.807, 2.05) is 0 Å². The van der Waals surface area contributed by atoms with Crippen molar-refractivity contribution in [3.05, 3.63) is 35.8 Å². The van der Waals surface area contributed by atoms with Gasteiger partial charge in [0, 0.05) is 12.1 Å². The SMILES string of the molecule is COC(=O)c1cc(-c2ccc(OC)cc2F)on1. The van der Waals surface area contributed by atoms with E-state index in [4.69, 9.17) is 9.26 Å². The lowest BCUT2D eigenvalue weighted by molar-refractivity contribution is 0.0589. The Balaban J connectivity index is 2.37. The lowest BCUT2D eigenvalue weighted by atomic mass is 10.1. The molecule has 0 radical (unpaired) electrons. The fourth-order valence-corrected chi connectivity index (χ4v) is 1.43. The van der Waals surface area contributed by atoms with E-state index < -0.39 is 11.8 Å². The van der Waals surface area contributed by atoms with Gasteiger partial charge in [0.1, 0.15) is 11.6 Å². The lowest BCUT2D eigenvalue weighted by Gasteiger charge is -2.01. The number of nitrogens with zero attached hydrogens (tertiary/aromatic N) is 1. The number of hydrogen-bond donors (Lipinski definition) is 0. The van der Waals surface area contributed by atoms with Crippen LogP contribution in [0, 0.1) is 5.82 Å². The minimum absolute atomic E-state index is 0.0114. The highest BCUT2D eigenvalue weighted by atomic mass is 19.1. The zero-order valence-electron chi connectivity index (χ0n) is 9.77. The third-order valence-electron chi connectivity index (χ3n) is 2.35. The van der Waals surface area contributed by atoms with Crippen LogP contribution in [-0.4, -0.2) is 25.3 Å². The Kier molecular flexibility index (Phi) is 3.27. The predicted octanol–water partition coefficient (Wildman–Crippen LogP) is 2.28. The van der Waals surface area contributed by atoms with Crippen LogP contribution < -0.4 is 4.74 Å². The van der Waals surface area contributed by atoms with Gasteiger partial charge in [-0.05, 0) is 12.1 Å². The molecular weight excluding hydrogens is 241 g/mol. The zero-order valence-corrected chi connectivity index (χ0v) is 9.77. The zero-order chi connectivity index (χ0) is 13.1. The smallest absolute Gasteiger partial charge is 0.360 e. The van der Waals surface area contributed by atoms with Crippen LogP contribution >= 0.6 is 0 Å². The van der Waals surface area contributed by atoms with Gasteiger partial charge >= 0.3 is 5.97 Å². The molecule has 0 unspecified atom stereocenters. The molecule has 2 rings (SSSR count). The van der Waals surface area contributed by atoms with Crippen LogP contribution in [0.1, 0.15) is 10.5 Å². The summed E-state index contributed by atoms with van der Waals surface area (Å²) >= 11 is 0. The fourth-order valence-electron chi connectivity index (χ4n) is 1.43. The van der Waals surface area contributed by atoms with Gasteiger partial charge in [0.15, 0.2) is 11.5 Å². The molecule has 0 aliphatic heterocycles. The molecule has 0 fully saturated rings.